The van der Waals surface area contributed by atoms with Crippen LogP contribution in [0.5, 0.6) is 0 Å². The molecule has 4 aliphatic carbocycles. The van der Waals surface area contributed by atoms with Crippen molar-refractivity contribution in [2.45, 2.75) is 117 Å². The molecule has 0 heterocycles. The summed E-state index contributed by atoms with van der Waals surface area (Å²) in [5.74, 6) is -0.988. The van der Waals surface area contributed by atoms with Crippen LogP contribution in [0, 0.1) is 47.3 Å². The zero-order chi connectivity index (χ0) is 62.3. The van der Waals surface area contributed by atoms with Crippen LogP contribution in [0.25, 0.3) is 0 Å². The number of rotatable bonds is 43. The molecule has 16 N–H and O–H groups in total. The van der Waals surface area contributed by atoms with E-state index in [1.54, 1.807) is 7.05 Å². The monoisotopic (exact) mass is 1220 g/mol. The van der Waals surface area contributed by atoms with Gasteiger partial charge in [0.25, 0.3) is 0 Å². The maximum absolute atomic E-state index is 13.5. The van der Waals surface area contributed by atoms with Gasteiger partial charge in [-0.3, -0.25) is 58.0 Å². The van der Waals surface area contributed by atoms with Crippen molar-refractivity contribution in [1.29, 1.82) is 0 Å². The number of nitrogens with two attached hydrogens (primary N) is 3. The molecule has 0 bridgehead atoms. The molecule has 494 valence electrons. The predicted octanol–water partition coefficient (Wildman–Crippen LogP) is -1.93. The van der Waals surface area contributed by atoms with Crippen LogP contribution in [-0.2, 0) is 38.4 Å². The Bertz CT molecular complexity index is 1950. The van der Waals surface area contributed by atoms with E-state index in [0.29, 0.717) is 214 Å². The van der Waals surface area contributed by atoms with Gasteiger partial charge in [-0.25, -0.2) is 0 Å². The Labute approximate surface area is 514 Å². The number of carbonyl (C=O) groups excluding carboxylic acids is 8. The fraction of sp³-hybridized carbons (Fsp3) is 0.869. The van der Waals surface area contributed by atoms with Crippen LogP contribution >= 0.6 is 0 Å². The van der Waals surface area contributed by atoms with Crippen molar-refractivity contribution in [3.05, 3.63) is 0 Å². The molecule has 4 aliphatic rings. The van der Waals surface area contributed by atoms with Crippen LogP contribution in [0.1, 0.15) is 117 Å². The average Bonchev–Trinajstić information content (AvgIpc) is 3.73. The minimum absolute atomic E-state index is 0.00963. The van der Waals surface area contributed by atoms with Crippen molar-refractivity contribution in [2.75, 3.05) is 177 Å². The van der Waals surface area contributed by atoms with Crippen LogP contribution in [-0.4, -0.2) is 244 Å². The van der Waals surface area contributed by atoms with Crippen molar-refractivity contribution < 1.29 is 38.4 Å². The van der Waals surface area contributed by atoms with Crippen molar-refractivity contribution in [3.63, 3.8) is 0 Å². The van der Waals surface area contributed by atoms with E-state index < -0.39 is 0 Å². The normalized spacial score (nSPS) is 22.5. The highest BCUT2D eigenvalue weighted by Gasteiger charge is 2.34. The fourth-order valence-corrected chi connectivity index (χ4v) is 12.8. The second-order valence-electron chi connectivity index (χ2n) is 24.3. The van der Waals surface area contributed by atoms with E-state index in [4.69, 9.17) is 17.2 Å². The van der Waals surface area contributed by atoms with E-state index in [0.717, 1.165) is 58.9 Å². The summed E-state index contributed by atoms with van der Waals surface area (Å²) < 4.78 is 0. The van der Waals surface area contributed by atoms with Gasteiger partial charge in [0.05, 0.1) is 0 Å². The number of hydrogen-bond acceptors (Lipinski definition) is 17. The fourth-order valence-electron chi connectivity index (χ4n) is 12.8. The lowest BCUT2D eigenvalue weighted by molar-refractivity contribution is -0.130. The van der Waals surface area contributed by atoms with Crippen molar-refractivity contribution >= 4 is 47.3 Å². The first kappa shape index (κ1) is 73.9. The number of carbonyl (C=O) groups is 8. The van der Waals surface area contributed by atoms with Crippen molar-refractivity contribution in [3.8, 4) is 0 Å². The van der Waals surface area contributed by atoms with Gasteiger partial charge < -0.3 is 70.4 Å². The maximum atomic E-state index is 13.5. The molecule has 4 saturated carbocycles. The molecule has 0 saturated heterocycles. The third-order valence-corrected chi connectivity index (χ3v) is 18.3. The molecule has 0 atom stereocenters. The second kappa shape index (κ2) is 43.9. The summed E-state index contributed by atoms with van der Waals surface area (Å²) >= 11 is 0. The summed E-state index contributed by atoms with van der Waals surface area (Å²) in [6.07, 6.45) is 10.5. The zero-order valence-electron chi connectivity index (χ0n) is 53.1. The number of nitrogens with one attached hydrogen (secondary N) is 10. The van der Waals surface area contributed by atoms with Gasteiger partial charge in [-0.15, -0.1) is 0 Å². The second-order valence-corrected chi connectivity index (χ2v) is 24.3. The molecule has 25 heteroatoms. The summed E-state index contributed by atoms with van der Waals surface area (Å²) in [5, 5.41) is 31.2. The summed E-state index contributed by atoms with van der Waals surface area (Å²) in [5.41, 5.74) is 17.3. The van der Waals surface area contributed by atoms with Gasteiger partial charge in [-0.05, 0) is 116 Å². The molecule has 4 rings (SSSR count). The van der Waals surface area contributed by atoms with Gasteiger partial charge >= 0.3 is 0 Å². The van der Waals surface area contributed by atoms with E-state index in [1.807, 2.05) is 0 Å². The molecule has 86 heavy (non-hydrogen) atoms. The first-order chi connectivity index (χ1) is 41.7. The molecule has 0 spiro atoms. The Kier molecular flexibility index (Phi) is 37.7. The number of likely N-dealkylation sites (N-methyl/N-ethyl adjacent to an activating group) is 2. The molecule has 0 aromatic heterocycles. The lowest BCUT2D eigenvalue weighted by atomic mass is 9.81. The van der Waals surface area contributed by atoms with Crippen molar-refractivity contribution in [1.82, 2.24) is 72.8 Å². The van der Waals surface area contributed by atoms with E-state index in [1.165, 1.54) is 0 Å². The van der Waals surface area contributed by atoms with E-state index in [9.17, 15) is 38.4 Å². The summed E-state index contributed by atoms with van der Waals surface area (Å²) in [7, 11) is 1.64. The highest BCUT2D eigenvalue weighted by Crippen LogP contribution is 2.32. The third-order valence-electron chi connectivity index (χ3n) is 18.3. The minimum atomic E-state index is -0.202. The molecule has 0 radical (unpaired) electrons. The van der Waals surface area contributed by atoms with Gasteiger partial charge in [-0.2, -0.15) is 0 Å². The lowest BCUT2D eigenvalue weighted by Gasteiger charge is -2.29. The van der Waals surface area contributed by atoms with E-state index >= 15 is 0 Å². The molecule has 8 amide bonds. The predicted molar refractivity (Wildman–Crippen MR) is 337 cm³/mol. The number of nitrogens with zero attached hydrogens (tertiary/aromatic N) is 4. The standard InChI is InChI=1S/C61H117N17O8/c1-4-66-25-37-77(38-26-67-5-2)42-30-71-59(84)51-18-20-53(21-19-51)61(86)74-33-45-78(43-31-72-55(80)47-8-6-46(7-9-47)54(79)65-3)44-32-73-60(85)52-16-14-50(15-17-52)58(83)70-29-41-76(36-24-64)40-28-69-57(82)49-12-10-48(11-13-49)56(81)68-27-39-75(34-22-62)35-23-63/h46-53,66-67H,4-45,62-64H2,1-3H3,(H,65,79)(H,68,81)(H,69,82)(H,70,83)(H,71,84)(H,72,80)(H,73,85)(H,74,86). The lowest BCUT2D eigenvalue weighted by Crippen LogP contribution is -2.46. The Morgan fingerprint density at radius 2 is 0.442 bits per heavy atom. The first-order valence-corrected chi connectivity index (χ1v) is 33.3. The molecule has 25 nitrogen and oxygen atoms in total. The largest absolute Gasteiger partial charge is 0.359 e. The van der Waals surface area contributed by atoms with Crippen LogP contribution < -0.4 is 70.4 Å². The smallest absolute Gasteiger partial charge is 0.223 e. The summed E-state index contributed by atoms with van der Waals surface area (Å²) in [6, 6.07) is 0. The molecule has 0 aliphatic heterocycles. The van der Waals surface area contributed by atoms with Gasteiger partial charge in [0.1, 0.15) is 0 Å². The minimum Gasteiger partial charge on any atom is -0.359 e. The third kappa shape index (κ3) is 28.7. The Hall–Kier alpha value is -4.60. The summed E-state index contributed by atoms with van der Waals surface area (Å²) in [4.78, 5) is 114. The molecule has 0 unspecified atom stereocenters. The van der Waals surface area contributed by atoms with Gasteiger partial charge in [0, 0.05) is 211 Å². The molecule has 0 aromatic rings. The molecule has 0 aromatic carbocycles. The van der Waals surface area contributed by atoms with Crippen LogP contribution in [0.3, 0.4) is 0 Å². The highest BCUT2D eigenvalue weighted by atomic mass is 16.2. The van der Waals surface area contributed by atoms with Crippen molar-refractivity contribution in [2.24, 2.45) is 64.5 Å². The quantitative estimate of drug-likeness (QED) is 0.0296. The zero-order valence-corrected chi connectivity index (χ0v) is 53.1. The highest BCUT2D eigenvalue weighted by molar-refractivity contribution is 5.83. The maximum Gasteiger partial charge on any atom is 0.223 e. The first-order valence-electron chi connectivity index (χ1n) is 33.3. The topological polar surface area (TPSA) is 348 Å². The molecular weight excluding hydrogens is 1100 g/mol. The SMILES string of the molecule is CCNCCN(CCNCC)CCNC(=O)C1CCC(C(=O)NCCN(CCNC(=O)C2CCC(C(=O)NC)CC2)CCNC(=O)C2CCC(C(=O)NCCN(CCN)CCNC(=O)C3CCC(C(=O)NCCN(CCN)CCN)CC3)CC2)CC1. The average molecular weight is 1220 g/mol. The van der Waals surface area contributed by atoms with E-state index in [2.05, 4.69) is 86.6 Å². The molecule has 4 fully saturated rings. The summed E-state index contributed by atoms with van der Waals surface area (Å²) in [6.45, 7) is 20.8. The molecular formula is C61H117N17O8. The van der Waals surface area contributed by atoms with Crippen LogP contribution in [0.2, 0.25) is 0 Å². The Morgan fingerprint density at radius 3 is 0.616 bits per heavy atom. The number of hydrogen-bond donors (Lipinski definition) is 13. The Balaban J connectivity index is 1.14. The Morgan fingerprint density at radius 1 is 0.279 bits per heavy atom. The van der Waals surface area contributed by atoms with Gasteiger partial charge in [0.2, 0.25) is 47.3 Å². The van der Waals surface area contributed by atoms with Crippen LogP contribution in [0.15, 0.2) is 0 Å². The van der Waals surface area contributed by atoms with Crippen LogP contribution in [0.4, 0.5) is 0 Å². The van der Waals surface area contributed by atoms with Gasteiger partial charge in [-0.1, -0.05) is 13.8 Å². The van der Waals surface area contributed by atoms with E-state index in [-0.39, 0.29) is 94.6 Å². The number of amides is 8. The van der Waals surface area contributed by atoms with Gasteiger partial charge in [0.15, 0.2) is 0 Å².